The fourth-order valence-electron chi connectivity index (χ4n) is 1.36. The van der Waals surface area contributed by atoms with E-state index in [1.165, 1.54) is 12.7 Å². The SMILES string of the molecule is CSCCCNc1cccc(NC(C)=O)c1. The van der Waals surface area contributed by atoms with Crippen molar-refractivity contribution in [2.75, 3.05) is 29.2 Å². The Bertz CT molecular complexity index is 342. The van der Waals surface area contributed by atoms with Crippen LogP contribution in [0.3, 0.4) is 0 Å². The van der Waals surface area contributed by atoms with E-state index < -0.39 is 0 Å². The van der Waals surface area contributed by atoms with Crippen molar-refractivity contribution >= 4 is 29.0 Å². The molecule has 88 valence electrons. The first kappa shape index (κ1) is 12.9. The molecule has 0 radical (unpaired) electrons. The lowest BCUT2D eigenvalue weighted by Gasteiger charge is -2.08. The van der Waals surface area contributed by atoms with Crippen molar-refractivity contribution in [3.8, 4) is 0 Å². The topological polar surface area (TPSA) is 41.1 Å². The van der Waals surface area contributed by atoms with Crippen molar-refractivity contribution in [3.63, 3.8) is 0 Å². The first-order valence-electron chi connectivity index (χ1n) is 5.33. The molecule has 0 aliphatic rings. The fourth-order valence-corrected chi connectivity index (χ4v) is 1.79. The van der Waals surface area contributed by atoms with Crippen molar-refractivity contribution in [3.05, 3.63) is 24.3 Å². The first-order chi connectivity index (χ1) is 7.72. The van der Waals surface area contributed by atoms with Gasteiger partial charge in [-0.2, -0.15) is 11.8 Å². The summed E-state index contributed by atoms with van der Waals surface area (Å²) in [5.41, 5.74) is 1.88. The van der Waals surface area contributed by atoms with Gasteiger partial charge >= 0.3 is 0 Å². The Morgan fingerprint density at radius 1 is 1.38 bits per heavy atom. The van der Waals surface area contributed by atoms with Crippen molar-refractivity contribution in [1.29, 1.82) is 0 Å². The Morgan fingerprint density at radius 3 is 2.81 bits per heavy atom. The summed E-state index contributed by atoms with van der Waals surface area (Å²) in [6.07, 6.45) is 3.25. The van der Waals surface area contributed by atoms with Gasteiger partial charge in [0.05, 0.1) is 0 Å². The highest BCUT2D eigenvalue weighted by atomic mass is 32.2. The van der Waals surface area contributed by atoms with Crippen LogP contribution in [0.1, 0.15) is 13.3 Å². The first-order valence-corrected chi connectivity index (χ1v) is 6.72. The molecule has 0 saturated carbocycles. The quantitative estimate of drug-likeness (QED) is 0.749. The second kappa shape index (κ2) is 7.17. The number of rotatable bonds is 6. The third kappa shape index (κ3) is 5.07. The number of thioether (sulfide) groups is 1. The van der Waals surface area contributed by atoms with Crippen molar-refractivity contribution in [2.24, 2.45) is 0 Å². The number of carbonyl (C=O) groups is 1. The smallest absolute Gasteiger partial charge is 0.221 e. The van der Waals surface area contributed by atoms with Gasteiger partial charge in [0.25, 0.3) is 0 Å². The minimum absolute atomic E-state index is 0.0421. The summed E-state index contributed by atoms with van der Waals surface area (Å²) >= 11 is 1.85. The van der Waals surface area contributed by atoms with E-state index >= 15 is 0 Å². The van der Waals surface area contributed by atoms with E-state index in [4.69, 9.17) is 0 Å². The molecule has 0 aliphatic carbocycles. The standard InChI is InChI=1S/C12H18N2OS/c1-10(15)14-12-6-3-5-11(9-12)13-7-4-8-16-2/h3,5-6,9,13H,4,7-8H2,1-2H3,(H,14,15). The van der Waals surface area contributed by atoms with Crippen LogP contribution >= 0.6 is 11.8 Å². The molecule has 1 aromatic rings. The van der Waals surface area contributed by atoms with Crippen molar-refractivity contribution in [2.45, 2.75) is 13.3 Å². The van der Waals surface area contributed by atoms with Crippen LogP contribution in [0.2, 0.25) is 0 Å². The number of hydrogen-bond donors (Lipinski definition) is 2. The van der Waals surface area contributed by atoms with Gasteiger partial charge in [0.15, 0.2) is 0 Å². The Morgan fingerprint density at radius 2 is 2.12 bits per heavy atom. The molecule has 0 fully saturated rings. The second-order valence-electron chi connectivity index (χ2n) is 3.54. The normalized spacial score (nSPS) is 9.88. The van der Waals surface area contributed by atoms with Crippen LogP contribution in [0.5, 0.6) is 0 Å². The van der Waals surface area contributed by atoms with E-state index in [0.717, 1.165) is 24.3 Å². The van der Waals surface area contributed by atoms with Gasteiger partial charge in [0.1, 0.15) is 0 Å². The van der Waals surface area contributed by atoms with Crippen molar-refractivity contribution < 1.29 is 4.79 Å². The Labute approximate surface area is 101 Å². The average Bonchev–Trinajstić information content (AvgIpc) is 2.24. The molecule has 0 heterocycles. The Hall–Kier alpha value is -1.16. The zero-order chi connectivity index (χ0) is 11.8. The molecule has 0 unspecified atom stereocenters. The number of anilines is 2. The lowest BCUT2D eigenvalue weighted by Crippen LogP contribution is -2.07. The van der Waals surface area contributed by atoms with Crippen LogP contribution in [-0.4, -0.2) is 24.5 Å². The van der Waals surface area contributed by atoms with Crippen molar-refractivity contribution in [1.82, 2.24) is 0 Å². The van der Waals surface area contributed by atoms with Gasteiger partial charge in [-0.25, -0.2) is 0 Å². The third-order valence-electron chi connectivity index (χ3n) is 2.04. The van der Waals surface area contributed by atoms with Gasteiger partial charge in [-0.3, -0.25) is 4.79 Å². The molecule has 0 saturated heterocycles. The van der Waals surface area contributed by atoms with Gasteiger partial charge < -0.3 is 10.6 Å². The zero-order valence-corrected chi connectivity index (χ0v) is 10.6. The molecule has 0 atom stereocenters. The van der Waals surface area contributed by atoms with Gasteiger partial charge in [-0.15, -0.1) is 0 Å². The predicted molar refractivity (Wildman–Crippen MR) is 72.2 cm³/mol. The fraction of sp³-hybridized carbons (Fsp3) is 0.417. The maximum absolute atomic E-state index is 10.9. The highest BCUT2D eigenvalue weighted by Gasteiger charge is 1.97. The summed E-state index contributed by atoms with van der Waals surface area (Å²) in [6.45, 7) is 2.48. The molecule has 1 aromatic carbocycles. The third-order valence-corrected chi connectivity index (χ3v) is 2.73. The Balaban J connectivity index is 2.44. The molecular weight excluding hydrogens is 220 g/mol. The lowest BCUT2D eigenvalue weighted by atomic mass is 10.2. The number of hydrogen-bond acceptors (Lipinski definition) is 3. The number of nitrogens with one attached hydrogen (secondary N) is 2. The highest BCUT2D eigenvalue weighted by Crippen LogP contribution is 2.14. The number of carbonyl (C=O) groups excluding carboxylic acids is 1. The van der Waals surface area contributed by atoms with Crippen LogP contribution in [0, 0.1) is 0 Å². The van der Waals surface area contributed by atoms with Gasteiger partial charge in [0, 0.05) is 24.8 Å². The van der Waals surface area contributed by atoms with E-state index in [2.05, 4.69) is 16.9 Å². The van der Waals surface area contributed by atoms with E-state index in [0.29, 0.717) is 0 Å². The lowest BCUT2D eigenvalue weighted by molar-refractivity contribution is -0.114. The van der Waals surface area contributed by atoms with E-state index in [1.807, 2.05) is 36.0 Å². The van der Waals surface area contributed by atoms with E-state index in [1.54, 1.807) is 0 Å². The van der Waals surface area contributed by atoms with Gasteiger partial charge in [-0.05, 0) is 36.6 Å². The summed E-state index contributed by atoms with van der Waals surface area (Å²) in [4.78, 5) is 10.9. The van der Waals surface area contributed by atoms with Crippen LogP contribution in [0.25, 0.3) is 0 Å². The summed E-state index contributed by atoms with van der Waals surface area (Å²) in [7, 11) is 0. The molecule has 0 spiro atoms. The second-order valence-corrected chi connectivity index (χ2v) is 4.52. The maximum atomic E-state index is 10.9. The van der Waals surface area contributed by atoms with Gasteiger partial charge in [0.2, 0.25) is 5.91 Å². The van der Waals surface area contributed by atoms with E-state index in [9.17, 15) is 4.79 Å². The van der Waals surface area contributed by atoms with Crippen LogP contribution < -0.4 is 10.6 Å². The minimum Gasteiger partial charge on any atom is -0.385 e. The largest absolute Gasteiger partial charge is 0.385 e. The number of benzene rings is 1. The van der Waals surface area contributed by atoms with Crippen LogP contribution in [0.4, 0.5) is 11.4 Å². The van der Waals surface area contributed by atoms with Crippen LogP contribution in [0.15, 0.2) is 24.3 Å². The average molecular weight is 238 g/mol. The molecule has 3 nitrogen and oxygen atoms in total. The maximum Gasteiger partial charge on any atom is 0.221 e. The molecule has 1 rings (SSSR count). The molecule has 0 aromatic heterocycles. The molecule has 4 heteroatoms. The predicted octanol–water partition coefficient (Wildman–Crippen LogP) is 2.81. The zero-order valence-electron chi connectivity index (χ0n) is 9.75. The summed E-state index contributed by atoms with van der Waals surface area (Å²) in [5.74, 6) is 1.12. The Kier molecular flexibility index (Phi) is 5.78. The molecule has 1 amide bonds. The molecule has 0 aliphatic heterocycles. The molecule has 2 N–H and O–H groups in total. The number of amides is 1. The van der Waals surface area contributed by atoms with Gasteiger partial charge in [-0.1, -0.05) is 6.07 Å². The molecule has 0 bridgehead atoms. The summed E-state index contributed by atoms with van der Waals surface area (Å²) in [5, 5.41) is 6.09. The summed E-state index contributed by atoms with van der Waals surface area (Å²) in [6, 6.07) is 7.77. The highest BCUT2D eigenvalue weighted by molar-refractivity contribution is 7.98. The monoisotopic (exact) mass is 238 g/mol. The molecule has 16 heavy (non-hydrogen) atoms. The van der Waals surface area contributed by atoms with Crippen LogP contribution in [-0.2, 0) is 4.79 Å². The minimum atomic E-state index is -0.0421. The van der Waals surface area contributed by atoms with E-state index in [-0.39, 0.29) is 5.91 Å². The summed E-state index contributed by atoms with van der Waals surface area (Å²) < 4.78 is 0. The molecular formula is C12H18N2OS.